The highest BCUT2D eigenvalue weighted by Crippen LogP contribution is 2.39. The fraction of sp³-hybridized carbons (Fsp3) is 0.333. The maximum Gasteiger partial charge on any atom is 0.232 e. The van der Waals surface area contributed by atoms with Crippen LogP contribution < -0.4 is 5.32 Å². The van der Waals surface area contributed by atoms with Gasteiger partial charge in [0.05, 0.1) is 12.3 Å². The Morgan fingerprint density at radius 3 is 2.53 bits per heavy atom. The maximum atomic E-state index is 14.0. The number of nitrogens with one attached hydrogen (secondary N) is 1. The van der Waals surface area contributed by atoms with E-state index in [0.717, 1.165) is 5.56 Å². The number of aromatic nitrogens is 2. The third-order valence-electron chi connectivity index (χ3n) is 5.80. The first kappa shape index (κ1) is 21.7. The van der Waals surface area contributed by atoms with E-state index in [1.54, 1.807) is 37.2 Å². The van der Waals surface area contributed by atoms with Crippen LogP contribution in [0.5, 0.6) is 0 Å². The Labute approximate surface area is 185 Å². The van der Waals surface area contributed by atoms with Gasteiger partial charge in [-0.2, -0.15) is 4.98 Å². The van der Waals surface area contributed by atoms with Crippen LogP contribution in [0.4, 0.5) is 4.39 Å². The summed E-state index contributed by atoms with van der Waals surface area (Å²) in [6.45, 7) is 0. The van der Waals surface area contributed by atoms with E-state index in [1.807, 2.05) is 30.3 Å². The van der Waals surface area contributed by atoms with Gasteiger partial charge in [0.2, 0.25) is 23.5 Å². The first-order valence-electron chi connectivity index (χ1n) is 10.6. The largest absolute Gasteiger partial charge is 0.352 e. The van der Waals surface area contributed by atoms with E-state index in [4.69, 9.17) is 4.52 Å². The molecule has 4 rings (SSSR count). The van der Waals surface area contributed by atoms with Crippen molar-refractivity contribution in [1.82, 2.24) is 20.4 Å². The van der Waals surface area contributed by atoms with Gasteiger partial charge in [0.15, 0.2) is 0 Å². The summed E-state index contributed by atoms with van der Waals surface area (Å²) in [5.41, 5.74) is 1.14. The van der Waals surface area contributed by atoms with Crippen molar-refractivity contribution in [2.75, 3.05) is 14.1 Å². The van der Waals surface area contributed by atoms with Gasteiger partial charge in [-0.05, 0) is 24.5 Å². The minimum Gasteiger partial charge on any atom is -0.352 e. The molecule has 0 aliphatic heterocycles. The molecule has 1 fully saturated rings. The summed E-state index contributed by atoms with van der Waals surface area (Å²) >= 11 is 0. The molecule has 8 heteroatoms. The number of halogens is 1. The predicted octanol–water partition coefficient (Wildman–Crippen LogP) is 3.19. The number of amides is 2. The van der Waals surface area contributed by atoms with Gasteiger partial charge < -0.3 is 14.7 Å². The van der Waals surface area contributed by atoms with Crippen molar-refractivity contribution in [3.05, 3.63) is 71.9 Å². The second-order valence-electron chi connectivity index (χ2n) is 8.27. The summed E-state index contributed by atoms with van der Waals surface area (Å²) in [5.74, 6) is -0.488. The van der Waals surface area contributed by atoms with Gasteiger partial charge in [0, 0.05) is 31.6 Å². The van der Waals surface area contributed by atoms with Crippen LogP contribution in [0.2, 0.25) is 0 Å². The number of benzene rings is 2. The summed E-state index contributed by atoms with van der Waals surface area (Å²) < 4.78 is 19.5. The second-order valence-corrected chi connectivity index (χ2v) is 8.27. The third kappa shape index (κ3) is 4.69. The molecule has 7 nitrogen and oxygen atoms in total. The van der Waals surface area contributed by atoms with E-state index in [1.165, 1.54) is 6.07 Å². The molecule has 3 unspecified atom stereocenters. The van der Waals surface area contributed by atoms with E-state index in [9.17, 15) is 14.0 Å². The highest BCUT2D eigenvalue weighted by molar-refractivity contribution is 5.81. The molecule has 1 aliphatic carbocycles. The summed E-state index contributed by atoms with van der Waals surface area (Å²) in [5, 5.41) is 7.06. The van der Waals surface area contributed by atoms with Crippen LogP contribution in [0, 0.1) is 11.7 Å². The molecule has 2 aromatic carbocycles. The molecule has 3 aromatic rings. The Morgan fingerprint density at radius 1 is 1.09 bits per heavy atom. The van der Waals surface area contributed by atoms with Crippen molar-refractivity contribution in [2.45, 2.75) is 31.2 Å². The molecular weight excluding hydrogens is 411 g/mol. The van der Waals surface area contributed by atoms with E-state index < -0.39 is 5.82 Å². The number of nitrogens with zero attached hydrogens (tertiary/aromatic N) is 3. The van der Waals surface area contributed by atoms with Crippen molar-refractivity contribution >= 4 is 11.8 Å². The molecule has 1 saturated carbocycles. The van der Waals surface area contributed by atoms with Crippen molar-refractivity contribution < 1.29 is 18.5 Å². The number of carbonyl (C=O) groups excluding carboxylic acids is 2. The SMILES string of the molecule is CN(C)C(=O)C1CC(NC(=O)Cc2ccccc2F)C(c2nc(-c3ccccc3)no2)C1. The summed E-state index contributed by atoms with van der Waals surface area (Å²) in [4.78, 5) is 31.4. The Bertz CT molecular complexity index is 1100. The molecule has 1 aliphatic rings. The second kappa shape index (κ2) is 9.30. The monoisotopic (exact) mass is 436 g/mol. The molecule has 0 saturated heterocycles. The van der Waals surface area contributed by atoms with Crippen LogP contribution in [-0.2, 0) is 16.0 Å². The lowest BCUT2D eigenvalue weighted by molar-refractivity contribution is -0.133. The van der Waals surface area contributed by atoms with Crippen LogP contribution in [0.1, 0.15) is 30.2 Å². The molecule has 1 heterocycles. The van der Waals surface area contributed by atoms with Gasteiger partial charge in [-0.3, -0.25) is 9.59 Å². The minimum atomic E-state index is -0.421. The third-order valence-corrected chi connectivity index (χ3v) is 5.80. The molecular formula is C24H25FN4O3. The lowest BCUT2D eigenvalue weighted by Gasteiger charge is -2.18. The van der Waals surface area contributed by atoms with Gasteiger partial charge in [-0.25, -0.2) is 4.39 Å². The van der Waals surface area contributed by atoms with Crippen LogP contribution in [-0.4, -0.2) is 47.0 Å². The van der Waals surface area contributed by atoms with Crippen molar-refractivity contribution in [3.63, 3.8) is 0 Å². The fourth-order valence-corrected chi connectivity index (χ4v) is 4.20. The molecule has 32 heavy (non-hydrogen) atoms. The topological polar surface area (TPSA) is 88.3 Å². The van der Waals surface area contributed by atoms with Crippen LogP contribution in [0.15, 0.2) is 59.1 Å². The minimum absolute atomic E-state index is 0.0105. The molecule has 1 aromatic heterocycles. The standard InChI is InChI=1S/C24H25FN4O3/c1-29(2)24(31)17-12-18(23-27-22(28-32-23)15-8-4-3-5-9-15)20(13-17)26-21(30)14-16-10-6-7-11-19(16)25/h3-11,17-18,20H,12-14H2,1-2H3,(H,26,30). The van der Waals surface area contributed by atoms with E-state index >= 15 is 0 Å². The molecule has 0 bridgehead atoms. The lowest BCUT2D eigenvalue weighted by Crippen LogP contribution is -2.38. The van der Waals surface area contributed by atoms with E-state index in [0.29, 0.717) is 30.1 Å². The first-order chi connectivity index (χ1) is 15.4. The van der Waals surface area contributed by atoms with E-state index in [2.05, 4.69) is 15.5 Å². The number of carbonyl (C=O) groups is 2. The quantitative estimate of drug-likeness (QED) is 0.641. The maximum absolute atomic E-state index is 14.0. The van der Waals surface area contributed by atoms with Crippen molar-refractivity contribution in [1.29, 1.82) is 0 Å². The van der Waals surface area contributed by atoms with Crippen LogP contribution in [0.25, 0.3) is 11.4 Å². The Morgan fingerprint density at radius 2 is 1.81 bits per heavy atom. The smallest absolute Gasteiger partial charge is 0.232 e. The predicted molar refractivity (Wildman–Crippen MR) is 116 cm³/mol. The van der Waals surface area contributed by atoms with Crippen LogP contribution >= 0.6 is 0 Å². The van der Waals surface area contributed by atoms with E-state index in [-0.39, 0.29) is 36.1 Å². The zero-order chi connectivity index (χ0) is 22.7. The zero-order valence-electron chi connectivity index (χ0n) is 18.0. The van der Waals surface area contributed by atoms with Gasteiger partial charge >= 0.3 is 0 Å². The zero-order valence-corrected chi connectivity index (χ0v) is 18.0. The Hall–Kier alpha value is -3.55. The molecule has 166 valence electrons. The van der Waals surface area contributed by atoms with Gasteiger partial charge in [0.1, 0.15) is 5.82 Å². The molecule has 0 spiro atoms. The lowest BCUT2D eigenvalue weighted by atomic mass is 10.0. The highest BCUT2D eigenvalue weighted by atomic mass is 19.1. The number of hydrogen-bond acceptors (Lipinski definition) is 5. The molecule has 3 atom stereocenters. The highest BCUT2D eigenvalue weighted by Gasteiger charge is 2.42. The van der Waals surface area contributed by atoms with Gasteiger partial charge in [0.25, 0.3) is 0 Å². The normalized spacial score (nSPS) is 20.2. The molecule has 2 amide bonds. The number of hydrogen-bond donors (Lipinski definition) is 1. The Kier molecular flexibility index (Phi) is 6.30. The Balaban J connectivity index is 1.54. The van der Waals surface area contributed by atoms with Crippen molar-refractivity contribution in [3.8, 4) is 11.4 Å². The summed E-state index contributed by atoms with van der Waals surface area (Å²) in [6, 6.07) is 15.3. The van der Waals surface area contributed by atoms with Gasteiger partial charge in [-0.15, -0.1) is 0 Å². The molecule has 0 radical (unpaired) electrons. The average Bonchev–Trinajstić information content (AvgIpc) is 3.43. The molecule has 1 N–H and O–H groups in total. The first-order valence-corrected chi connectivity index (χ1v) is 10.6. The summed E-state index contributed by atoms with van der Waals surface area (Å²) in [7, 11) is 3.42. The number of rotatable bonds is 6. The van der Waals surface area contributed by atoms with Gasteiger partial charge in [-0.1, -0.05) is 53.7 Å². The van der Waals surface area contributed by atoms with Crippen LogP contribution in [0.3, 0.4) is 0 Å². The van der Waals surface area contributed by atoms with Crippen molar-refractivity contribution in [2.24, 2.45) is 5.92 Å². The summed E-state index contributed by atoms with van der Waals surface area (Å²) in [6.07, 6.45) is 0.854. The fourth-order valence-electron chi connectivity index (χ4n) is 4.20. The average molecular weight is 436 g/mol.